The van der Waals surface area contributed by atoms with Gasteiger partial charge in [0.05, 0.1) is 25.2 Å². The first-order valence-corrected chi connectivity index (χ1v) is 7.42. The van der Waals surface area contributed by atoms with Crippen molar-refractivity contribution in [3.63, 3.8) is 0 Å². The first kappa shape index (κ1) is 12.4. The molecule has 16 heavy (non-hydrogen) atoms. The number of quaternary nitrogens is 1. The zero-order valence-corrected chi connectivity index (χ0v) is 11.7. The second kappa shape index (κ2) is 4.68. The monoisotopic (exact) mass is 224 g/mol. The second-order valence-electron chi connectivity index (χ2n) is 6.74. The predicted molar refractivity (Wildman–Crippen MR) is 70.3 cm³/mol. The summed E-state index contributed by atoms with van der Waals surface area (Å²) in [5.41, 5.74) is 0. The van der Waals surface area contributed by atoms with Crippen molar-refractivity contribution in [1.29, 1.82) is 0 Å². The Morgan fingerprint density at radius 2 is 1.50 bits per heavy atom. The molecule has 0 radical (unpaired) electrons. The largest absolute Gasteiger partial charge is 0.319 e. The lowest BCUT2D eigenvalue weighted by Gasteiger charge is -2.49. The van der Waals surface area contributed by atoms with E-state index in [4.69, 9.17) is 0 Å². The average Bonchev–Trinajstić information content (AvgIpc) is 2.74. The van der Waals surface area contributed by atoms with Gasteiger partial charge in [-0.2, -0.15) is 0 Å². The third-order valence-electron chi connectivity index (χ3n) is 5.76. The Balaban J connectivity index is 2.20. The van der Waals surface area contributed by atoms with Crippen LogP contribution in [0.3, 0.4) is 0 Å². The highest BCUT2D eigenvalue weighted by Gasteiger charge is 2.45. The fourth-order valence-electron chi connectivity index (χ4n) is 4.41. The van der Waals surface area contributed by atoms with Gasteiger partial charge in [-0.1, -0.05) is 13.8 Å². The zero-order valence-electron chi connectivity index (χ0n) is 11.7. The molecule has 2 aliphatic rings. The molecular formula is C15H30N+. The van der Waals surface area contributed by atoms with E-state index in [0.717, 1.165) is 23.9 Å². The molecule has 0 saturated carbocycles. The van der Waals surface area contributed by atoms with Crippen molar-refractivity contribution in [3.05, 3.63) is 0 Å². The highest BCUT2D eigenvalue weighted by Crippen LogP contribution is 2.38. The van der Waals surface area contributed by atoms with Gasteiger partial charge in [-0.25, -0.2) is 0 Å². The topological polar surface area (TPSA) is 0 Å². The molecule has 2 fully saturated rings. The molecule has 0 aromatic rings. The van der Waals surface area contributed by atoms with Gasteiger partial charge in [-0.15, -0.1) is 0 Å². The Morgan fingerprint density at radius 3 is 2.12 bits per heavy atom. The minimum absolute atomic E-state index is 0.889. The standard InChI is InChI=1S/C15H30N/c1-12-7-8-14(3)16(9-5-6-10-16)15(4)13(2)11-12/h12-15H,5-11H2,1-4H3/q+1. The molecule has 4 atom stereocenters. The Bertz CT molecular complexity index is 230. The maximum atomic E-state index is 2.53. The number of hydrogen-bond donors (Lipinski definition) is 0. The van der Waals surface area contributed by atoms with Crippen LogP contribution in [0.2, 0.25) is 0 Å². The summed E-state index contributed by atoms with van der Waals surface area (Å²) >= 11 is 0. The van der Waals surface area contributed by atoms with Crippen LogP contribution in [0.1, 0.15) is 59.8 Å². The molecule has 0 amide bonds. The fraction of sp³-hybridized carbons (Fsp3) is 1.00. The fourth-order valence-corrected chi connectivity index (χ4v) is 4.41. The molecule has 1 heteroatoms. The molecule has 2 saturated heterocycles. The van der Waals surface area contributed by atoms with Crippen LogP contribution in [-0.2, 0) is 0 Å². The van der Waals surface area contributed by atoms with E-state index >= 15 is 0 Å². The molecule has 1 nitrogen and oxygen atoms in total. The third-order valence-corrected chi connectivity index (χ3v) is 5.76. The van der Waals surface area contributed by atoms with E-state index in [1.807, 2.05) is 0 Å². The quantitative estimate of drug-likeness (QED) is 0.549. The van der Waals surface area contributed by atoms with Crippen LogP contribution in [0, 0.1) is 11.8 Å². The van der Waals surface area contributed by atoms with Crippen molar-refractivity contribution in [3.8, 4) is 0 Å². The zero-order chi connectivity index (χ0) is 11.8. The molecule has 0 aromatic heterocycles. The van der Waals surface area contributed by atoms with E-state index in [-0.39, 0.29) is 0 Å². The third kappa shape index (κ3) is 2.03. The summed E-state index contributed by atoms with van der Waals surface area (Å²) in [6.45, 7) is 12.9. The summed E-state index contributed by atoms with van der Waals surface area (Å²) in [6, 6.07) is 1.79. The van der Waals surface area contributed by atoms with Crippen LogP contribution in [0.5, 0.6) is 0 Å². The van der Waals surface area contributed by atoms with Crippen molar-refractivity contribution < 1.29 is 4.48 Å². The van der Waals surface area contributed by atoms with Gasteiger partial charge in [0, 0.05) is 18.8 Å². The summed E-state index contributed by atoms with van der Waals surface area (Å²) in [4.78, 5) is 0. The van der Waals surface area contributed by atoms with Crippen molar-refractivity contribution in [2.45, 2.75) is 71.9 Å². The highest BCUT2D eigenvalue weighted by molar-refractivity contribution is 4.76. The first-order chi connectivity index (χ1) is 7.56. The Labute approximate surface area is 102 Å². The van der Waals surface area contributed by atoms with E-state index in [1.165, 1.54) is 49.7 Å². The minimum Gasteiger partial charge on any atom is -0.319 e. The van der Waals surface area contributed by atoms with Gasteiger partial charge < -0.3 is 4.48 Å². The second-order valence-corrected chi connectivity index (χ2v) is 6.74. The summed E-state index contributed by atoms with van der Waals surface area (Å²) < 4.78 is 1.45. The SMILES string of the molecule is CC1CCC(C)[N+]2(CCCC2)C(C)C(C)C1. The van der Waals surface area contributed by atoms with Crippen molar-refractivity contribution in [2.24, 2.45) is 11.8 Å². The van der Waals surface area contributed by atoms with Crippen molar-refractivity contribution in [1.82, 2.24) is 0 Å². The van der Waals surface area contributed by atoms with Gasteiger partial charge >= 0.3 is 0 Å². The Morgan fingerprint density at radius 1 is 0.875 bits per heavy atom. The minimum atomic E-state index is 0.889. The lowest BCUT2D eigenvalue weighted by molar-refractivity contribution is -0.964. The van der Waals surface area contributed by atoms with Crippen LogP contribution in [-0.4, -0.2) is 29.7 Å². The van der Waals surface area contributed by atoms with Crippen LogP contribution in [0.4, 0.5) is 0 Å². The lowest BCUT2D eigenvalue weighted by Crippen LogP contribution is -2.60. The van der Waals surface area contributed by atoms with E-state index in [9.17, 15) is 0 Å². The number of rotatable bonds is 0. The molecule has 1 spiro atoms. The van der Waals surface area contributed by atoms with Crippen molar-refractivity contribution >= 4 is 0 Å². The van der Waals surface area contributed by atoms with Gasteiger partial charge in [0.2, 0.25) is 0 Å². The van der Waals surface area contributed by atoms with Crippen molar-refractivity contribution in [2.75, 3.05) is 13.1 Å². The summed E-state index contributed by atoms with van der Waals surface area (Å²) in [6.07, 6.45) is 7.30. The van der Waals surface area contributed by atoms with Gasteiger partial charge in [0.1, 0.15) is 0 Å². The first-order valence-electron chi connectivity index (χ1n) is 7.42. The van der Waals surface area contributed by atoms with Gasteiger partial charge in [0.25, 0.3) is 0 Å². The van der Waals surface area contributed by atoms with E-state index in [0.29, 0.717) is 0 Å². The van der Waals surface area contributed by atoms with E-state index in [1.54, 1.807) is 0 Å². The maximum absolute atomic E-state index is 2.53. The Kier molecular flexibility index (Phi) is 3.63. The molecule has 94 valence electrons. The van der Waals surface area contributed by atoms with E-state index in [2.05, 4.69) is 27.7 Å². The van der Waals surface area contributed by atoms with Gasteiger partial charge in [-0.3, -0.25) is 0 Å². The molecule has 2 aliphatic heterocycles. The lowest BCUT2D eigenvalue weighted by atomic mass is 9.83. The molecule has 2 heterocycles. The van der Waals surface area contributed by atoms with Crippen LogP contribution in [0.15, 0.2) is 0 Å². The highest BCUT2D eigenvalue weighted by atomic mass is 15.4. The molecule has 4 unspecified atom stereocenters. The molecule has 0 aliphatic carbocycles. The molecule has 2 rings (SSSR count). The molecule has 0 N–H and O–H groups in total. The summed E-state index contributed by atoms with van der Waals surface area (Å²) in [7, 11) is 0. The molecule has 0 aromatic carbocycles. The molecular weight excluding hydrogens is 194 g/mol. The van der Waals surface area contributed by atoms with E-state index < -0.39 is 0 Å². The van der Waals surface area contributed by atoms with Crippen LogP contribution in [0.25, 0.3) is 0 Å². The Hall–Kier alpha value is -0.0400. The average molecular weight is 224 g/mol. The van der Waals surface area contributed by atoms with Crippen LogP contribution < -0.4 is 0 Å². The number of nitrogens with zero attached hydrogens (tertiary/aromatic N) is 1. The normalized spacial score (nSPS) is 44.2. The summed E-state index contributed by atoms with van der Waals surface area (Å²) in [5.74, 6) is 1.86. The maximum Gasteiger partial charge on any atom is 0.0889 e. The number of hydrogen-bond acceptors (Lipinski definition) is 0. The van der Waals surface area contributed by atoms with Crippen LogP contribution >= 0.6 is 0 Å². The predicted octanol–water partition coefficient (Wildman–Crippen LogP) is 3.83. The summed E-state index contributed by atoms with van der Waals surface area (Å²) in [5, 5.41) is 0. The van der Waals surface area contributed by atoms with Gasteiger partial charge in [-0.05, 0) is 39.0 Å². The smallest absolute Gasteiger partial charge is 0.0889 e. The molecule has 0 bridgehead atoms. The van der Waals surface area contributed by atoms with Gasteiger partial charge in [0.15, 0.2) is 0 Å².